The lowest BCUT2D eigenvalue weighted by atomic mass is 10.00. The second kappa shape index (κ2) is 8.22. The Balaban J connectivity index is 1.27. The topological polar surface area (TPSA) is 62.9 Å². The molecule has 0 bridgehead atoms. The van der Waals surface area contributed by atoms with Crippen LogP contribution < -0.4 is 5.56 Å². The first-order chi connectivity index (χ1) is 14.7. The quantitative estimate of drug-likeness (QED) is 0.667. The molecule has 0 spiro atoms. The Morgan fingerprint density at radius 2 is 1.77 bits per heavy atom. The summed E-state index contributed by atoms with van der Waals surface area (Å²) in [5.74, 6) is 0.137. The van der Waals surface area contributed by atoms with Crippen LogP contribution in [0.1, 0.15) is 38.5 Å². The number of hydrogen-bond acceptors (Lipinski definition) is 4. The number of fused-ring (bicyclic) bond motifs is 3. The lowest BCUT2D eigenvalue weighted by Gasteiger charge is -2.40. The minimum atomic E-state index is -0.0946. The number of nitrogens with zero attached hydrogens (tertiary/aromatic N) is 5. The van der Waals surface area contributed by atoms with Crippen molar-refractivity contribution < 1.29 is 4.79 Å². The van der Waals surface area contributed by atoms with Crippen molar-refractivity contribution in [2.75, 3.05) is 26.2 Å². The third-order valence-electron chi connectivity index (χ3n) is 6.77. The molecule has 30 heavy (non-hydrogen) atoms. The molecule has 0 radical (unpaired) electrons. The standard InChI is InChI=1S/C23H29N5O2/c29-21(26-15-8-18(9-16-26)25-12-2-1-3-13-25)10-17-28-22-19(6-4-11-24-22)27-14-5-7-20(27)23(28)30/h4-7,11,14,18H,1-3,8-10,12-13,15-17H2. The fourth-order valence-electron chi connectivity index (χ4n) is 5.12. The molecule has 0 aromatic carbocycles. The highest BCUT2D eigenvalue weighted by Crippen LogP contribution is 2.21. The average Bonchev–Trinajstić information content (AvgIpc) is 3.30. The number of aryl methyl sites for hydroxylation is 1. The molecule has 2 aliphatic heterocycles. The molecule has 7 nitrogen and oxygen atoms in total. The van der Waals surface area contributed by atoms with E-state index in [9.17, 15) is 9.59 Å². The fraction of sp³-hybridized carbons (Fsp3) is 0.522. The van der Waals surface area contributed by atoms with E-state index in [1.807, 2.05) is 39.8 Å². The molecule has 0 N–H and O–H groups in total. The molecule has 3 aromatic rings. The highest BCUT2D eigenvalue weighted by atomic mass is 16.2. The van der Waals surface area contributed by atoms with Crippen molar-refractivity contribution in [1.29, 1.82) is 0 Å². The molecule has 0 atom stereocenters. The van der Waals surface area contributed by atoms with Crippen LogP contribution in [0.5, 0.6) is 0 Å². The first-order valence-electron chi connectivity index (χ1n) is 11.2. The Kier molecular flexibility index (Phi) is 5.29. The fourth-order valence-corrected chi connectivity index (χ4v) is 5.12. The Morgan fingerprint density at radius 1 is 1.00 bits per heavy atom. The lowest BCUT2D eigenvalue weighted by molar-refractivity contribution is -0.133. The van der Waals surface area contributed by atoms with E-state index in [-0.39, 0.29) is 11.5 Å². The van der Waals surface area contributed by atoms with Gasteiger partial charge < -0.3 is 14.2 Å². The van der Waals surface area contributed by atoms with E-state index in [4.69, 9.17) is 0 Å². The van der Waals surface area contributed by atoms with Crippen LogP contribution in [0, 0.1) is 0 Å². The second-order valence-electron chi connectivity index (χ2n) is 8.52. The molecule has 5 rings (SSSR count). The molecule has 5 heterocycles. The van der Waals surface area contributed by atoms with E-state index in [1.165, 1.54) is 32.4 Å². The maximum Gasteiger partial charge on any atom is 0.276 e. The number of aromatic nitrogens is 3. The van der Waals surface area contributed by atoms with Crippen LogP contribution >= 0.6 is 0 Å². The number of rotatable bonds is 4. The van der Waals surface area contributed by atoms with Crippen LogP contribution in [0.15, 0.2) is 41.5 Å². The van der Waals surface area contributed by atoms with Crippen molar-refractivity contribution in [2.24, 2.45) is 0 Å². The summed E-state index contributed by atoms with van der Waals surface area (Å²) < 4.78 is 3.53. The predicted octanol–water partition coefficient (Wildman–Crippen LogP) is 2.52. The van der Waals surface area contributed by atoms with Gasteiger partial charge in [0.2, 0.25) is 5.91 Å². The third-order valence-corrected chi connectivity index (χ3v) is 6.77. The average molecular weight is 408 g/mol. The zero-order chi connectivity index (χ0) is 20.5. The Labute approximate surface area is 175 Å². The van der Waals surface area contributed by atoms with E-state index in [2.05, 4.69) is 9.88 Å². The summed E-state index contributed by atoms with van der Waals surface area (Å²) >= 11 is 0. The zero-order valence-corrected chi connectivity index (χ0v) is 17.4. The van der Waals surface area contributed by atoms with Gasteiger partial charge in [-0.15, -0.1) is 0 Å². The Hall–Kier alpha value is -2.67. The smallest absolute Gasteiger partial charge is 0.276 e. The maximum absolute atomic E-state index is 13.0. The number of likely N-dealkylation sites (tertiary alicyclic amines) is 2. The molecule has 2 aliphatic rings. The summed E-state index contributed by atoms with van der Waals surface area (Å²) in [4.78, 5) is 34.9. The van der Waals surface area contributed by atoms with Gasteiger partial charge in [0.15, 0.2) is 5.65 Å². The van der Waals surface area contributed by atoms with Crippen molar-refractivity contribution in [3.05, 3.63) is 47.0 Å². The molecular weight excluding hydrogens is 378 g/mol. The molecule has 0 saturated carbocycles. The van der Waals surface area contributed by atoms with Gasteiger partial charge in [0, 0.05) is 44.5 Å². The number of amides is 1. The molecule has 1 amide bonds. The van der Waals surface area contributed by atoms with Crippen molar-refractivity contribution in [3.63, 3.8) is 0 Å². The SMILES string of the molecule is O=C(CCn1c(=O)c2cccn2c2cccnc21)N1CCC(N2CCCCC2)CC1. The molecular formula is C23H29N5O2. The first kappa shape index (κ1) is 19.3. The van der Waals surface area contributed by atoms with Crippen LogP contribution in [0.4, 0.5) is 0 Å². The summed E-state index contributed by atoms with van der Waals surface area (Å²) in [6, 6.07) is 8.14. The van der Waals surface area contributed by atoms with Gasteiger partial charge in [-0.1, -0.05) is 6.42 Å². The van der Waals surface area contributed by atoms with Crippen molar-refractivity contribution in [1.82, 2.24) is 23.8 Å². The molecule has 158 valence electrons. The maximum atomic E-state index is 13.0. The number of carbonyl (C=O) groups is 1. The summed E-state index contributed by atoms with van der Waals surface area (Å²) in [5.41, 5.74) is 2.03. The normalized spacial score (nSPS) is 19.0. The third kappa shape index (κ3) is 3.51. The molecule has 0 unspecified atom stereocenters. The van der Waals surface area contributed by atoms with Gasteiger partial charge in [-0.2, -0.15) is 0 Å². The Bertz CT molecular complexity index is 1100. The summed E-state index contributed by atoms with van der Waals surface area (Å²) in [6.07, 6.45) is 9.99. The zero-order valence-electron chi connectivity index (χ0n) is 17.4. The predicted molar refractivity (Wildman–Crippen MR) is 117 cm³/mol. The van der Waals surface area contributed by atoms with Crippen LogP contribution in [0.2, 0.25) is 0 Å². The van der Waals surface area contributed by atoms with Gasteiger partial charge in [-0.05, 0) is 63.0 Å². The van der Waals surface area contributed by atoms with Gasteiger partial charge >= 0.3 is 0 Å². The summed E-state index contributed by atoms with van der Waals surface area (Å²) in [5, 5.41) is 0. The van der Waals surface area contributed by atoms with E-state index in [1.54, 1.807) is 10.8 Å². The number of carbonyl (C=O) groups excluding carboxylic acids is 1. The molecule has 3 aromatic heterocycles. The monoisotopic (exact) mass is 407 g/mol. The van der Waals surface area contributed by atoms with E-state index < -0.39 is 0 Å². The van der Waals surface area contributed by atoms with Crippen molar-refractivity contribution in [3.8, 4) is 0 Å². The highest BCUT2D eigenvalue weighted by molar-refractivity contribution is 5.77. The summed E-state index contributed by atoms with van der Waals surface area (Å²) in [7, 11) is 0. The number of piperidine rings is 2. The van der Waals surface area contributed by atoms with E-state index >= 15 is 0 Å². The lowest BCUT2D eigenvalue weighted by Crippen LogP contribution is -2.48. The van der Waals surface area contributed by atoms with Gasteiger partial charge in [0.25, 0.3) is 5.56 Å². The highest BCUT2D eigenvalue weighted by Gasteiger charge is 2.27. The van der Waals surface area contributed by atoms with Crippen molar-refractivity contribution in [2.45, 2.75) is 51.1 Å². The minimum Gasteiger partial charge on any atom is -0.343 e. The van der Waals surface area contributed by atoms with Gasteiger partial charge in [-0.25, -0.2) is 4.98 Å². The van der Waals surface area contributed by atoms with Gasteiger partial charge in [-0.3, -0.25) is 14.2 Å². The van der Waals surface area contributed by atoms with Gasteiger partial charge in [0.05, 0.1) is 5.52 Å². The molecule has 2 saturated heterocycles. The second-order valence-corrected chi connectivity index (χ2v) is 8.52. The number of hydrogen-bond donors (Lipinski definition) is 0. The van der Waals surface area contributed by atoms with Crippen molar-refractivity contribution >= 4 is 22.6 Å². The number of pyridine rings is 1. The van der Waals surface area contributed by atoms with Crippen LogP contribution in [-0.4, -0.2) is 61.9 Å². The largest absolute Gasteiger partial charge is 0.343 e. The van der Waals surface area contributed by atoms with Crippen LogP contribution in [-0.2, 0) is 11.3 Å². The molecule has 2 fully saturated rings. The minimum absolute atomic E-state index is 0.0946. The summed E-state index contributed by atoms with van der Waals surface area (Å²) in [6.45, 7) is 4.43. The Morgan fingerprint density at radius 3 is 2.57 bits per heavy atom. The van der Waals surface area contributed by atoms with E-state index in [0.29, 0.717) is 30.2 Å². The molecule has 0 aliphatic carbocycles. The molecule has 7 heteroatoms. The van der Waals surface area contributed by atoms with Gasteiger partial charge in [0.1, 0.15) is 5.52 Å². The van der Waals surface area contributed by atoms with E-state index in [0.717, 1.165) is 31.4 Å². The van der Waals surface area contributed by atoms with Crippen LogP contribution in [0.25, 0.3) is 16.7 Å². The first-order valence-corrected chi connectivity index (χ1v) is 11.2. The van der Waals surface area contributed by atoms with Crippen LogP contribution in [0.3, 0.4) is 0 Å².